The molecule has 1 aliphatic heterocycles. The molecule has 0 saturated carbocycles. The van der Waals surface area contributed by atoms with Gasteiger partial charge in [-0.1, -0.05) is 29.8 Å². The number of nitrogens with one attached hydrogen (secondary N) is 1. The summed E-state index contributed by atoms with van der Waals surface area (Å²) in [5.74, 6) is 1.09. The van der Waals surface area contributed by atoms with Crippen LogP contribution in [0.2, 0.25) is 0 Å². The molecule has 1 heterocycles. The Kier molecular flexibility index (Phi) is 6.27. The van der Waals surface area contributed by atoms with E-state index >= 15 is 0 Å². The number of amides is 1. The molecule has 0 aliphatic carbocycles. The first-order valence-corrected chi connectivity index (χ1v) is 8.99. The fourth-order valence-corrected chi connectivity index (χ4v) is 3.40. The molecule has 1 atom stereocenters. The van der Waals surface area contributed by atoms with Gasteiger partial charge >= 0.3 is 6.09 Å². The second-order valence-electron chi connectivity index (χ2n) is 7.88. The molecule has 4 nitrogen and oxygen atoms in total. The molecule has 1 N–H and O–H groups in total. The van der Waals surface area contributed by atoms with Gasteiger partial charge in [0.1, 0.15) is 5.60 Å². The molecular formula is C20H32N2O2. The van der Waals surface area contributed by atoms with E-state index < -0.39 is 5.60 Å². The van der Waals surface area contributed by atoms with Gasteiger partial charge in [0.2, 0.25) is 0 Å². The van der Waals surface area contributed by atoms with Crippen LogP contribution in [0, 0.1) is 12.8 Å². The summed E-state index contributed by atoms with van der Waals surface area (Å²) < 4.78 is 5.49. The van der Waals surface area contributed by atoms with Crippen molar-refractivity contribution in [1.29, 1.82) is 0 Å². The zero-order chi connectivity index (χ0) is 17.7. The Morgan fingerprint density at radius 2 is 1.83 bits per heavy atom. The van der Waals surface area contributed by atoms with E-state index in [2.05, 4.69) is 36.5 Å². The lowest BCUT2D eigenvalue weighted by Crippen LogP contribution is -2.43. The van der Waals surface area contributed by atoms with Crippen LogP contribution < -0.4 is 5.32 Å². The van der Waals surface area contributed by atoms with E-state index in [1.165, 1.54) is 11.1 Å². The summed E-state index contributed by atoms with van der Waals surface area (Å²) in [6.07, 6.45) is 1.88. The summed E-state index contributed by atoms with van der Waals surface area (Å²) >= 11 is 0. The van der Waals surface area contributed by atoms with Crippen LogP contribution in [0.4, 0.5) is 4.79 Å². The largest absolute Gasteiger partial charge is 0.444 e. The number of likely N-dealkylation sites (N-methyl/N-ethyl adjacent to an activating group) is 1. The number of carbonyl (C=O) groups excluding carboxylic acids is 1. The van der Waals surface area contributed by atoms with Crippen LogP contribution in [0.3, 0.4) is 0 Å². The van der Waals surface area contributed by atoms with Gasteiger partial charge in [-0.3, -0.25) is 0 Å². The fraction of sp³-hybridized carbons (Fsp3) is 0.650. The molecule has 1 saturated heterocycles. The summed E-state index contributed by atoms with van der Waals surface area (Å²) in [6, 6.07) is 8.87. The Morgan fingerprint density at radius 1 is 1.25 bits per heavy atom. The van der Waals surface area contributed by atoms with Gasteiger partial charge < -0.3 is 15.0 Å². The van der Waals surface area contributed by atoms with Gasteiger partial charge in [-0.15, -0.1) is 0 Å². The average Bonchev–Trinajstić information content (AvgIpc) is 2.52. The summed E-state index contributed by atoms with van der Waals surface area (Å²) in [4.78, 5) is 14.1. The summed E-state index contributed by atoms with van der Waals surface area (Å²) in [7, 11) is 2.01. The number of piperidine rings is 1. The molecule has 0 aromatic heterocycles. The first kappa shape index (κ1) is 18.8. The van der Waals surface area contributed by atoms with Crippen molar-refractivity contribution in [2.45, 2.75) is 52.1 Å². The zero-order valence-electron chi connectivity index (χ0n) is 15.8. The number of hydrogen-bond acceptors (Lipinski definition) is 3. The Hall–Kier alpha value is -1.55. The van der Waals surface area contributed by atoms with E-state index in [0.717, 1.165) is 32.5 Å². The van der Waals surface area contributed by atoms with Crippen molar-refractivity contribution in [3.8, 4) is 0 Å². The van der Waals surface area contributed by atoms with Gasteiger partial charge in [-0.05, 0) is 65.0 Å². The number of benzene rings is 1. The third kappa shape index (κ3) is 5.23. The highest BCUT2D eigenvalue weighted by Crippen LogP contribution is 2.33. The maximum Gasteiger partial charge on any atom is 0.410 e. The smallest absolute Gasteiger partial charge is 0.410 e. The topological polar surface area (TPSA) is 41.6 Å². The van der Waals surface area contributed by atoms with Crippen LogP contribution >= 0.6 is 0 Å². The van der Waals surface area contributed by atoms with Crippen molar-refractivity contribution in [3.05, 3.63) is 35.4 Å². The van der Waals surface area contributed by atoms with Gasteiger partial charge in [0.05, 0.1) is 0 Å². The summed E-state index contributed by atoms with van der Waals surface area (Å²) in [5.41, 5.74) is 2.26. The van der Waals surface area contributed by atoms with Crippen LogP contribution in [-0.2, 0) is 4.74 Å². The van der Waals surface area contributed by atoms with Crippen LogP contribution in [0.25, 0.3) is 0 Å². The molecule has 1 aromatic carbocycles. The van der Waals surface area contributed by atoms with Gasteiger partial charge in [-0.2, -0.15) is 0 Å². The summed E-state index contributed by atoms with van der Waals surface area (Å²) in [6.45, 7) is 10.4. The number of rotatable bonds is 4. The van der Waals surface area contributed by atoms with Gasteiger partial charge in [-0.25, -0.2) is 4.79 Å². The molecule has 1 amide bonds. The van der Waals surface area contributed by atoms with Gasteiger partial charge in [0.25, 0.3) is 0 Å². The third-order valence-electron chi connectivity index (χ3n) is 4.69. The normalized spacial score (nSPS) is 17.6. The lowest BCUT2D eigenvalue weighted by atomic mass is 9.80. The van der Waals surface area contributed by atoms with Crippen molar-refractivity contribution in [2.24, 2.45) is 5.92 Å². The second kappa shape index (κ2) is 8.02. The van der Waals surface area contributed by atoms with Crippen LogP contribution in [0.15, 0.2) is 24.3 Å². The Morgan fingerprint density at radius 3 is 2.33 bits per heavy atom. The molecular weight excluding hydrogens is 300 g/mol. The third-order valence-corrected chi connectivity index (χ3v) is 4.69. The quantitative estimate of drug-likeness (QED) is 0.908. The first-order valence-electron chi connectivity index (χ1n) is 8.99. The molecule has 1 aromatic rings. The molecule has 24 heavy (non-hydrogen) atoms. The molecule has 0 radical (unpaired) electrons. The van der Waals surface area contributed by atoms with Crippen LogP contribution in [0.1, 0.15) is 50.7 Å². The van der Waals surface area contributed by atoms with Gasteiger partial charge in [0, 0.05) is 19.6 Å². The van der Waals surface area contributed by atoms with E-state index in [1.54, 1.807) is 0 Å². The minimum absolute atomic E-state index is 0.179. The van der Waals surface area contributed by atoms with Gasteiger partial charge in [0.15, 0.2) is 0 Å². The molecule has 1 unspecified atom stereocenters. The highest BCUT2D eigenvalue weighted by molar-refractivity contribution is 5.68. The van der Waals surface area contributed by atoms with Crippen LogP contribution in [0.5, 0.6) is 0 Å². The number of hydrogen-bond donors (Lipinski definition) is 1. The Balaban J connectivity index is 1.98. The minimum Gasteiger partial charge on any atom is -0.444 e. The maximum absolute atomic E-state index is 12.2. The highest BCUT2D eigenvalue weighted by Gasteiger charge is 2.31. The number of aryl methyl sites for hydroxylation is 1. The molecule has 0 spiro atoms. The fourth-order valence-electron chi connectivity index (χ4n) is 3.40. The number of carbonyl (C=O) groups is 1. The maximum atomic E-state index is 12.2. The molecule has 1 aliphatic rings. The predicted molar refractivity (Wildman–Crippen MR) is 98.4 cm³/mol. The molecule has 2 rings (SSSR count). The SMILES string of the molecule is CNCC(c1ccc(C)cc1)C1CCN(C(=O)OC(C)(C)C)CC1. The number of likely N-dealkylation sites (tertiary alicyclic amines) is 1. The molecule has 0 bridgehead atoms. The van der Waals surface area contributed by atoms with Crippen LogP contribution in [-0.4, -0.2) is 43.3 Å². The van der Waals surface area contributed by atoms with E-state index in [1.807, 2.05) is 32.7 Å². The van der Waals surface area contributed by atoms with Crippen molar-refractivity contribution in [2.75, 3.05) is 26.7 Å². The zero-order valence-corrected chi connectivity index (χ0v) is 15.8. The standard InChI is InChI=1S/C20H32N2O2/c1-15-6-8-16(9-7-15)18(14-21-5)17-10-12-22(13-11-17)19(23)24-20(2,3)4/h6-9,17-18,21H,10-14H2,1-5H3. The predicted octanol–water partition coefficient (Wildman–Crippen LogP) is 3.95. The lowest BCUT2D eigenvalue weighted by Gasteiger charge is -2.37. The average molecular weight is 332 g/mol. The molecule has 1 fully saturated rings. The summed E-state index contributed by atoms with van der Waals surface area (Å²) in [5, 5.41) is 3.34. The Labute approximate surface area is 146 Å². The Bertz CT molecular complexity index is 526. The van der Waals surface area contributed by atoms with E-state index in [-0.39, 0.29) is 6.09 Å². The number of nitrogens with zero attached hydrogens (tertiary/aromatic N) is 1. The van der Waals surface area contributed by atoms with Crippen molar-refractivity contribution in [3.63, 3.8) is 0 Å². The molecule has 4 heteroatoms. The highest BCUT2D eigenvalue weighted by atomic mass is 16.6. The lowest BCUT2D eigenvalue weighted by molar-refractivity contribution is 0.0174. The van der Waals surface area contributed by atoms with Crippen molar-refractivity contribution >= 4 is 6.09 Å². The second-order valence-corrected chi connectivity index (χ2v) is 7.88. The van der Waals surface area contributed by atoms with E-state index in [4.69, 9.17) is 4.74 Å². The monoisotopic (exact) mass is 332 g/mol. The van der Waals surface area contributed by atoms with Crippen molar-refractivity contribution < 1.29 is 9.53 Å². The van der Waals surface area contributed by atoms with E-state index in [0.29, 0.717) is 11.8 Å². The van der Waals surface area contributed by atoms with E-state index in [9.17, 15) is 4.79 Å². The number of ether oxygens (including phenoxy) is 1. The van der Waals surface area contributed by atoms with Crippen molar-refractivity contribution in [1.82, 2.24) is 10.2 Å². The molecule has 134 valence electrons. The minimum atomic E-state index is -0.426. The first-order chi connectivity index (χ1) is 11.3.